The molecule has 0 aliphatic carbocycles. The molecule has 0 saturated carbocycles. The number of benzene rings is 2. The van der Waals surface area contributed by atoms with Crippen LogP contribution in [0.5, 0.6) is 5.75 Å². The van der Waals surface area contributed by atoms with Gasteiger partial charge in [-0.05, 0) is 24.3 Å². The van der Waals surface area contributed by atoms with Crippen LogP contribution in [0.15, 0.2) is 57.3 Å². The molecule has 3 rings (SSSR count). The molecule has 25 heavy (non-hydrogen) atoms. The van der Waals surface area contributed by atoms with Crippen LogP contribution in [0, 0.1) is 5.82 Å². The second-order valence-electron chi connectivity index (χ2n) is 5.28. The Morgan fingerprint density at radius 3 is 2.56 bits per heavy atom. The van der Waals surface area contributed by atoms with Crippen LogP contribution in [0.3, 0.4) is 0 Å². The minimum Gasteiger partial charge on any atom is -0.530 e. The normalized spacial score (nSPS) is 18.6. The molecule has 1 aliphatic heterocycles. The van der Waals surface area contributed by atoms with Crippen molar-refractivity contribution < 1.29 is 26.9 Å². The molecule has 0 fully saturated rings. The largest absolute Gasteiger partial charge is 0.530 e. The van der Waals surface area contributed by atoms with Crippen LogP contribution in [0.4, 0.5) is 9.18 Å². The Kier molecular flexibility index (Phi) is 3.91. The van der Waals surface area contributed by atoms with Crippen molar-refractivity contribution in [1.29, 1.82) is 0 Å². The van der Waals surface area contributed by atoms with Crippen molar-refractivity contribution in [1.82, 2.24) is 5.32 Å². The molecule has 2 aromatic carbocycles. The number of hydrogen-bond donors (Lipinski definition) is 1. The summed E-state index contributed by atoms with van der Waals surface area (Å²) in [6.45, 7) is 1.40. The molecule has 0 aromatic heterocycles. The number of rotatable bonds is 4. The Morgan fingerprint density at radius 1 is 1.20 bits per heavy atom. The average Bonchev–Trinajstić information content (AvgIpc) is 2.81. The third kappa shape index (κ3) is 3.43. The standard InChI is InChI=1S/C15H12FN3O5S/c1-15(19-14(20)21)17-11-7-6-9(8-12(11)18-15)24-25(22,23)13-5-3-2-4-10(13)16/h2-8,19H,1H3,(H,20,21)/p-1. The van der Waals surface area contributed by atoms with E-state index >= 15 is 0 Å². The van der Waals surface area contributed by atoms with Gasteiger partial charge in [-0.25, -0.2) is 14.4 Å². The number of carbonyl (C=O) groups excluding carboxylic acids is 1. The van der Waals surface area contributed by atoms with Crippen molar-refractivity contribution in [3.8, 4) is 5.75 Å². The van der Waals surface area contributed by atoms with E-state index in [9.17, 15) is 22.7 Å². The summed E-state index contributed by atoms with van der Waals surface area (Å²) in [5.74, 6) is -2.52. The topological polar surface area (TPSA) is 120 Å². The summed E-state index contributed by atoms with van der Waals surface area (Å²) in [4.78, 5) is 18.2. The Labute approximate surface area is 141 Å². The van der Waals surface area contributed by atoms with Crippen LogP contribution in [-0.4, -0.2) is 20.3 Å². The predicted molar refractivity (Wildman–Crippen MR) is 79.9 cm³/mol. The monoisotopic (exact) mass is 364 g/mol. The third-order valence-corrected chi connectivity index (χ3v) is 4.56. The van der Waals surface area contributed by atoms with Crippen molar-refractivity contribution in [3.05, 3.63) is 59.0 Å². The summed E-state index contributed by atoms with van der Waals surface area (Å²) in [6, 6.07) is 8.79. The molecule has 1 N–H and O–H groups in total. The molecular weight excluding hydrogens is 353 g/mol. The highest BCUT2D eigenvalue weighted by molar-refractivity contribution is 7.87. The molecule has 1 unspecified atom stereocenters. The van der Waals surface area contributed by atoms with Gasteiger partial charge >= 0.3 is 10.1 Å². The third-order valence-electron chi connectivity index (χ3n) is 3.27. The van der Waals surface area contributed by atoms with E-state index in [1.54, 1.807) is 0 Å². The van der Waals surface area contributed by atoms with E-state index in [-0.39, 0.29) is 11.1 Å². The summed E-state index contributed by atoms with van der Waals surface area (Å²) >= 11 is 0. The predicted octanol–water partition coefficient (Wildman–Crippen LogP) is -0.547. The fraction of sp³-hybridized carbons (Fsp3) is 0.133. The zero-order valence-electron chi connectivity index (χ0n) is 12.8. The van der Waals surface area contributed by atoms with E-state index in [4.69, 9.17) is 4.18 Å². The molecule has 8 nitrogen and oxygen atoms in total. The number of halogens is 1. The van der Waals surface area contributed by atoms with Gasteiger partial charge in [0.05, 0.1) is 10.7 Å². The van der Waals surface area contributed by atoms with E-state index in [0.717, 1.165) is 12.1 Å². The van der Waals surface area contributed by atoms with E-state index in [1.807, 2.05) is 5.32 Å². The van der Waals surface area contributed by atoms with Crippen molar-refractivity contribution in [3.63, 3.8) is 0 Å². The van der Waals surface area contributed by atoms with Crippen LogP contribution < -0.4 is 25.3 Å². The first-order chi connectivity index (χ1) is 11.7. The zero-order valence-corrected chi connectivity index (χ0v) is 13.6. The molecule has 1 heterocycles. The number of amides is 1. The molecule has 0 bridgehead atoms. The van der Waals surface area contributed by atoms with Gasteiger partial charge in [0.2, 0.25) is 5.79 Å². The highest BCUT2D eigenvalue weighted by Gasteiger charge is 2.26. The Hall–Kier alpha value is -3.01. The fourth-order valence-electron chi connectivity index (χ4n) is 2.30. The fourth-order valence-corrected chi connectivity index (χ4v) is 3.30. The first-order valence-electron chi connectivity index (χ1n) is 6.97. The molecule has 0 saturated heterocycles. The maximum absolute atomic E-state index is 13.7. The molecule has 2 aromatic rings. The molecule has 10 heteroatoms. The summed E-state index contributed by atoms with van der Waals surface area (Å²) < 4.78 is 43.0. The summed E-state index contributed by atoms with van der Waals surface area (Å²) in [5.41, 5.74) is 0. The summed E-state index contributed by atoms with van der Waals surface area (Å²) in [5, 5.41) is 13.3. The van der Waals surface area contributed by atoms with Gasteiger partial charge in [0.1, 0.15) is 22.6 Å². The number of carbonyl (C=O) groups is 1. The molecule has 1 atom stereocenters. The number of nitrogens with zero attached hydrogens (tertiary/aromatic N) is 2. The first-order valence-corrected chi connectivity index (χ1v) is 8.37. The van der Waals surface area contributed by atoms with Gasteiger partial charge in [-0.2, -0.15) is 8.42 Å². The molecule has 0 spiro atoms. The van der Waals surface area contributed by atoms with E-state index in [0.29, 0.717) is 5.36 Å². The maximum Gasteiger partial charge on any atom is 0.342 e. The second kappa shape index (κ2) is 5.81. The van der Waals surface area contributed by atoms with Crippen molar-refractivity contribution in [2.45, 2.75) is 17.6 Å². The van der Waals surface area contributed by atoms with Crippen LogP contribution in [0.25, 0.3) is 0 Å². The quantitative estimate of drug-likeness (QED) is 0.730. The maximum atomic E-state index is 13.7. The van der Waals surface area contributed by atoms with Crippen LogP contribution >= 0.6 is 0 Å². The van der Waals surface area contributed by atoms with E-state index in [1.165, 1.54) is 37.3 Å². The number of carboxylic acid groups (broad SMARTS) is 1. The second-order valence-corrected chi connectivity index (χ2v) is 6.79. The van der Waals surface area contributed by atoms with Crippen LogP contribution in [0.1, 0.15) is 6.92 Å². The molecule has 130 valence electrons. The first kappa shape index (κ1) is 16.8. The minimum atomic E-state index is -4.38. The van der Waals surface area contributed by atoms with Gasteiger partial charge in [-0.15, -0.1) is 0 Å². The molecular formula is C15H11FN3O5S-. The Bertz CT molecular complexity index is 1090. The summed E-state index contributed by atoms with van der Waals surface area (Å²) in [6.07, 6.45) is -1.55. The highest BCUT2D eigenvalue weighted by atomic mass is 32.2. The van der Waals surface area contributed by atoms with Crippen LogP contribution in [-0.2, 0) is 10.1 Å². The zero-order chi connectivity index (χ0) is 18.2. The lowest BCUT2D eigenvalue weighted by Gasteiger charge is -2.20. The van der Waals surface area contributed by atoms with Gasteiger partial charge in [-0.3, -0.25) is 0 Å². The highest BCUT2D eigenvalue weighted by Crippen LogP contribution is 2.19. The van der Waals surface area contributed by atoms with Crippen molar-refractivity contribution in [2.24, 2.45) is 9.98 Å². The lowest BCUT2D eigenvalue weighted by atomic mass is 10.3. The van der Waals surface area contributed by atoms with Gasteiger partial charge in [-0.1, -0.05) is 12.1 Å². The number of fused-ring (bicyclic) bond motifs is 1. The van der Waals surface area contributed by atoms with Gasteiger partial charge in [0, 0.05) is 13.0 Å². The van der Waals surface area contributed by atoms with E-state index in [2.05, 4.69) is 9.98 Å². The Balaban J connectivity index is 1.95. The number of nitrogens with one attached hydrogen (secondary N) is 1. The van der Waals surface area contributed by atoms with Crippen molar-refractivity contribution >= 4 is 16.2 Å². The van der Waals surface area contributed by atoms with E-state index < -0.39 is 32.7 Å². The summed E-state index contributed by atoms with van der Waals surface area (Å²) in [7, 11) is -4.38. The van der Waals surface area contributed by atoms with Crippen LogP contribution in [0.2, 0.25) is 0 Å². The number of hydrogen-bond acceptors (Lipinski definition) is 7. The minimum absolute atomic E-state index is 0.112. The molecule has 1 amide bonds. The molecule has 1 aliphatic rings. The van der Waals surface area contributed by atoms with Crippen molar-refractivity contribution in [2.75, 3.05) is 0 Å². The average molecular weight is 364 g/mol. The Morgan fingerprint density at radius 2 is 1.88 bits per heavy atom. The van der Waals surface area contributed by atoms with Gasteiger partial charge in [0.25, 0.3) is 0 Å². The molecule has 0 radical (unpaired) electrons. The van der Waals surface area contributed by atoms with Gasteiger partial charge in [0.15, 0.2) is 0 Å². The smallest absolute Gasteiger partial charge is 0.342 e. The lowest BCUT2D eigenvalue weighted by molar-refractivity contribution is -0.252. The van der Waals surface area contributed by atoms with Gasteiger partial charge < -0.3 is 19.4 Å². The SMILES string of the molecule is CC1(NC(=O)[O-])N=c2ccc(OS(=O)(=O)c3ccccc3F)cc2=N1. The lowest BCUT2D eigenvalue weighted by Crippen LogP contribution is -2.48.